The van der Waals surface area contributed by atoms with Crippen LogP contribution in [0.5, 0.6) is 0 Å². The fourth-order valence-corrected chi connectivity index (χ4v) is 2.68. The standard InChI is InChI=1S/C12H18N2O4/c15-10-3-5-14(6-4-13-10)11(16)8-1-2-9(7-8)12(17)18/h8-9H,1-7H2,(H,13,15)(H,17,18). The van der Waals surface area contributed by atoms with Crippen molar-refractivity contribution in [3.8, 4) is 0 Å². The van der Waals surface area contributed by atoms with E-state index in [-0.39, 0.29) is 23.7 Å². The third-order valence-corrected chi connectivity index (χ3v) is 3.76. The Balaban J connectivity index is 1.91. The molecule has 2 atom stereocenters. The first kappa shape index (κ1) is 12.9. The van der Waals surface area contributed by atoms with Crippen LogP contribution in [0.3, 0.4) is 0 Å². The molecule has 0 aromatic carbocycles. The minimum Gasteiger partial charge on any atom is -0.481 e. The number of nitrogens with zero attached hydrogens (tertiary/aromatic N) is 1. The number of carbonyl (C=O) groups excluding carboxylic acids is 2. The molecular formula is C12H18N2O4. The van der Waals surface area contributed by atoms with E-state index in [4.69, 9.17) is 5.11 Å². The molecule has 2 amide bonds. The molecule has 0 bridgehead atoms. The summed E-state index contributed by atoms with van der Waals surface area (Å²) in [4.78, 5) is 36.0. The highest BCUT2D eigenvalue weighted by molar-refractivity contribution is 5.82. The fourth-order valence-electron chi connectivity index (χ4n) is 2.68. The Hall–Kier alpha value is -1.59. The van der Waals surface area contributed by atoms with Crippen LogP contribution >= 0.6 is 0 Å². The second-order valence-electron chi connectivity index (χ2n) is 4.97. The molecule has 1 aliphatic heterocycles. The van der Waals surface area contributed by atoms with E-state index >= 15 is 0 Å². The van der Waals surface area contributed by atoms with Gasteiger partial charge >= 0.3 is 5.97 Å². The second kappa shape index (κ2) is 5.37. The van der Waals surface area contributed by atoms with E-state index in [1.54, 1.807) is 4.90 Å². The normalized spacial score (nSPS) is 28.7. The number of rotatable bonds is 2. The van der Waals surface area contributed by atoms with Crippen LogP contribution in [0.15, 0.2) is 0 Å². The summed E-state index contributed by atoms with van der Waals surface area (Å²) in [5, 5.41) is 11.6. The van der Waals surface area contributed by atoms with E-state index in [2.05, 4.69) is 5.32 Å². The van der Waals surface area contributed by atoms with E-state index < -0.39 is 5.97 Å². The first-order chi connectivity index (χ1) is 8.58. The molecule has 1 saturated carbocycles. The maximum Gasteiger partial charge on any atom is 0.306 e. The lowest BCUT2D eigenvalue weighted by Crippen LogP contribution is -2.38. The number of nitrogens with one attached hydrogen (secondary N) is 1. The van der Waals surface area contributed by atoms with Crippen molar-refractivity contribution in [3.05, 3.63) is 0 Å². The van der Waals surface area contributed by atoms with Gasteiger partial charge < -0.3 is 15.3 Å². The quantitative estimate of drug-likeness (QED) is 0.716. The average molecular weight is 254 g/mol. The summed E-state index contributed by atoms with van der Waals surface area (Å²) in [5.74, 6) is -1.39. The highest BCUT2D eigenvalue weighted by Gasteiger charge is 2.36. The highest BCUT2D eigenvalue weighted by atomic mass is 16.4. The van der Waals surface area contributed by atoms with Crippen LogP contribution in [-0.2, 0) is 14.4 Å². The lowest BCUT2D eigenvalue weighted by Gasteiger charge is -2.23. The molecule has 1 aliphatic carbocycles. The number of carbonyl (C=O) groups is 3. The minimum atomic E-state index is -0.807. The van der Waals surface area contributed by atoms with Crippen molar-refractivity contribution in [3.63, 3.8) is 0 Å². The summed E-state index contributed by atoms with van der Waals surface area (Å²) >= 11 is 0. The molecule has 18 heavy (non-hydrogen) atoms. The van der Waals surface area contributed by atoms with Crippen LogP contribution in [0.1, 0.15) is 25.7 Å². The summed E-state index contributed by atoms with van der Waals surface area (Å²) in [6, 6.07) is 0. The summed E-state index contributed by atoms with van der Waals surface area (Å²) in [7, 11) is 0. The zero-order chi connectivity index (χ0) is 13.1. The molecule has 6 nitrogen and oxygen atoms in total. The second-order valence-corrected chi connectivity index (χ2v) is 4.97. The van der Waals surface area contributed by atoms with Gasteiger partial charge in [-0.1, -0.05) is 0 Å². The van der Waals surface area contributed by atoms with Crippen molar-refractivity contribution >= 4 is 17.8 Å². The first-order valence-corrected chi connectivity index (χ1v) is 6.36. The SMILES string of the molecule is O=C1CCN(C(=O)C2CCC(C(=O)O)C2)CCN1. The van der Waals surface area contributed by atoms with Crippen LogP contribution in [0.2, 0.25) is 0 Å². The lowest BCUT2D eigenvalue weighted by atomic mass is 10.0. The molecule has 100 valence electrons. The third-order valence-electron chi connectivity index (χ3n) is 3.76. The van der Waals surface area contributed by atoms with Crippen molar-refractivity contribution in [1.82, 2.24) is 10.2 Å². The van der Waals surface area contributed by atoms with Gasteiger partial charge in [-0.15, -0.1) is 0 Å². The molecule has 0 radical (unpaired) electrons. The molecule has 2 N–H and O–H groups in total. The predicted octanol–water partition coefficient (Wildman–Crippen LogP) is -0.164. The van der Waals surface area contributed by atoms with Crippen LogP contribution in [0, 0.1) is 11.8 Å². The number of hydrogen-bond donors (Lipinski definition) is 2. The van der Waals surface area contributed by atoms with Gasteiger partial charge in [-0.05, 0) is 19.3 Å². The van der Waals surface area contributed by atoms with E-state index in [9.17, 15) is 14.4 Å². The predicted molar refractivity (Wildman–Crippen MR) is 62.7 cm³/mol. The Morgan fingerprint density at radius 2 is 1.94 bits per heavy atom. The highest BCUT2D eigenvalue weighted by Crippen LogP contribution is 2.32. The maximum atomic E-state index is 12.2. The topological polar surface area (TPSA) is 86.7 Å². The molecule has 2 fully saturated rings. The first-order valence-electron chi connectivity index (χ1n) is 6.36. The van der Waals surface area contributed by atoms with Gasteiger partial charge in [0.05, 0.1) is 5.92 Å². The van der Waals surface area contributed by atoms with Crippen LogP contribution < -0.4 is 5.32 Å². The van der Waals surface area contributed by atoms with Gasteiger partial charge in [-0.3, -0.25) is 14.4 Å². The third kappa shape index (κ3) is 2.80. The minimum absolute atomic E-state index is 0.00949. The Morgan fingerprint density at radius 3 is 2.61 bits per heavy atom. The lowest BCUT2D eigenvalue weighted by molar-refractivity contribution is -0.141. The molecule has 0 aromatic rings. The average Bonchev–Trinajstić information content (AvgIpc) is 2.73. The molecule has 1 heterocycles. The van der Waals surface area contributed by atoms with Crippen molar-refractivity contribution < 1.29 is 19.5 Å². The Morgan fingerprint density at radius 1 is 1.22 bits per heavy atom. The van der Waals surface area contributed by atoms with E-state index in [0.29, 0.717) is 45.3 Å². The van der Waals surface area contributed by atoms with Gasteiger partial charge in [0.2, 0.25) is 11.8 Å². The fraction of sp³-hybridized carbons (Fsp3) is 0.750. The van der Waals surface area contributed by atoms with Gasteiger partial charge in [0.25, 0.3) is 0 Å². The van der Waals surface area contributed by atoms with Crippen molar-refractivity contribution in [2.24, 2.45) is 11.8 Å². The number of carboxylic acid groups (broad SMARTS) is 1. The molecule has 6 heteroatoms. The molecule has 0 aromatic heterocycles. The van der Waals surface area contributed by atoms with E-state index in [1.165, 1.54) is 0 Å². The number of hydrogen-bond acceptors (Lipinski definition) is 3. The van der Waals surface area contributed by atoms with Crippen LogP contribution in [-0.4, -0.2) is 47.4 Å². The van der Waals surface area contributed by atoms with Crippen molar-refractivity contribution in [2.75, 3.05) is 19.6 Å². The molecule has 2 unspecified atom stereocenters. The summed E-state index contributed by atoms with van der Waals surface area (Å²) in [5.41, 5.74) is 0. The summed E-state index contributed by atoms with van der Waals surface area (Å²) < 4.78 is 0. The Labute approximate surface area is 105 Å². The molecule has 2 rings (SSSR count). The molecule has 2 aliphatic rings. The van der Waals surface area contributed by atoms with Crippen molar-refractivity contribution in [2.45, 2.75) is 25.7 Å². The Bertz CT molecular complexity index is 369. The van der Waals surface area contributed by atoms with Gasteiger partial charge in [0, 0.05) is 32.0 Å². The van der Waals surface area contributed by atoms with Gasteiger partial charge in [-0.25, -0.2) is 0 Å². The number of amides is 2. The van der Waals surface area contributed by atoms with Crippen LogP contribution in [0.4, 0.5) is 0 Å². The molecular weight excluding hydrogens is 236 g/mol. The number of carboxylic acids is 1. The zero-order valence-electron chi connectivity index (χ0n) is 10.2. The van der Waals surface area contributed by atoms with E-state index in [1.807, 2.05) is 0 Å². The van der Waals surface area contributed by atoms with Crippen LogP contribution in [0.25, 0.3) is 0 Å². The van der Waals surface area contributed by atoms with Gasteiger partial charge in [0.1, 0.15) is 0 Å². The van der Waals surface area contributed by atoms with Crippen molar-refractivity contribution in [1.29, 1.82) is 0 Å². The number of aliphatic carboxylic acids is 1. The van der Waals surface area contributed by atoms with Gasteiger partial charge in [0.15, 0.2) is 0 Å². The Kier molecular flexibility index (Phi) is 3.84. The summed E-state index contributed by atoms with van der Waals surface area (Å²) in [6.07, 6.45) is 2.00. The molecule has 0 spiro atoms. The smallest absolute Gasteiger partial charge is 0.306 e. The largest absolute Gasteiger partial charge is 0.481 e. The monoisotopic (exact) mass is 254 g/mol. The molecule has 1 saturated heterocycles. The maximum absolute atomic E-state index is 12.2. The van der Waals surface area contributed by atoms with E-state index in [0.717, 1.165) is 0 Å². The van der Waals surface area contributed by atoms with Gasteiger partial charge in [-0.2, -0.15) is 0 Å². The summed E-state index contributed by atoms with van der Waals surface area (Å²) in [6.45, 7) is 1.46. The zero-order valence-corrected chi connectivity index (χ0v) is 10.2.